The van der Waals surface area contributed by atoms with E-state index in [0.29, 0.717) is 5.78 Å². The number of ketones is 1. The number of rotatable bonds is 30. The Balaban J connectivity index is 3.51. The lowest BCUT2D eigenvalue weighted by atomic mass is 10.1. The van der Waals surface area contributed by atoms with Gasteiger partial charge in [-0.2, -0.15) is 0 Å². The van der Waals surface area contributed by atoms with Crippen molar-refractivity contribution in [2.75, 3.05) is 0 Å². The van der Waals surface area contributed by atoms with E-state index in [1.807, 2.05) is 0 Å². The third-order valence-electron chi connectivity index (χ3n) is 7.07. The summed E-state index contributed by atoms with van der Waals surface area (Å²) >= 11 is 0. The number of carbonyl (C=O) groups excluding carboxylic acids is 1. The van der Waals surface area contributed by atoms with Crippen LogP contribution in [0.25, 0.3) is 0 Å². The Morgan fingerprint density at radius 2 is 0.571 bits per heavy atom. The Kier molecular flexibility index (Phi) is 34.5. The van der Waals surface area contributed by atoms with Gasteiger partial charge in [0.1, 0.15) is 5.78 Å². The molecule has 0 aromatic heterocycles. The van der Waals surface area contributed by atoms with Crippen LogP contribution in [0.3, 0.4) is 0 Å². The highest BCUT2D eigenvalue weighted by Gasteiger charge is 2.00. The van der Waals surface area contributed by atoms with Gasteiger partial charge in [-0.05, 0) is 103 Å². The number of hydrogen-bond acceptors (Lipinski definition) is 1. The van der Waals surface area contributed by atoms with Gasteiger partial charge in [0.2, 0.25) is 0 Å². The Hall–Kier alpha value is -2.41. The van der Waals surface area contributed by atoms with Gasteiger partial charge >= 0.3 is 0 Å². The van der Waals surface area contributed by atoms with Crippen LogP contribution in [-0.2, 0) is 4.79 Å². The molecule has 0 aromatic rings. The predicted molar refractivity (Wildman–Crippen MR) is 191 cm³/mol. The fourth-order valence-electron chi connectivity index (χ4n) is 4.42. The van der Waals surface area contributed by atoms with Crippen LogP contribution >= 0.6 is 0 Å². The first-order valence-corrected chi connectivity index (χ1v) is 17.5. The number of hydrogen-bond donors (Lipinski definition) is 0. The topological polar surface area (TPSA) is 17.1 Å². The van der Waals surface area contributed by atoms with E-state index < -0.39 is 0 Å². The molecule has 0 unspecified atom stereocenters. The Bertz CT molecular complexity index is 733. The van der Waals surface area contributed by atoms with E-state index in [4.69, 9.17) is 0 Å². The molecule has 0 heterocycles. The van der Waals surface area contributed by atoms with Gasteiger partial charge in [-0.25, -0.2) is 0 Å². The number of allylic oxidation sites excluding steroid dienone is 16. The van der Waals surface area contributed by atoms with Crippen molar-refractivity contribution in [2.24, 2.45) is 0 Å². The third-order valence-corrected chi connectivity index (χ3v) is 7.07. The molecule has 0 spiro atoms. The minimum atomic E-state index is 0.439. The lowest BCUT2D eigenvalue weighted by Crippen LogP contribution is -1.97. The molecule has 1 nitrogen and oxygen atoms in total. The second kappa shape index (κ2) is 36.6. The van der Waals surface area contributed by atoms with E-state index in [0.717, 1.165) is 89.9 Å². The summed E-state index contributed by atoms with van der Waals surface area (Å²) in [4.78, 5) is 12.1. The summed E-state index contributed by atoms with van der Waals surface area (Å²) in [7, 11) is 0. The first-order chi connectivity index (χ1) is 20.8. The van der Waals surface area contributed by atoms with Crippen molar-refractivity contribution < 1.29 is 4.79 Å². The van der Waals surface area contributed by atoms with Gasteiger partial charge in [0.05, 0.1) is 0 Å². The largest absolute Gasteiger partial charge is 0.300 e. The predicted octanol–water partition coefficient (Wildman–Crippen LogP) is 13.6. The number of carbonyl (C=O) groups is 1. The molecule has 0 bridgehead atoms. The van der Waals surface area contributed by atoms with Crippen molar-refractivity contribution in [2.45, 2.75) is 155 Å². The number of unbranched alkanes of at least 4 members (excludes halogenated alkanes) is 10. The average Bonchev–Trinajstić information content (AvgIpc) is 3.00. The van der Waals surface area contributed by atoms with E-state index in [1.165, 1.54) is 51.4 Å². The van der Waals surface area contributed by atoms with Gasteiger partial charge in [-0.15, -0.1) is 0 Å². The van der Waals surface area contributed by atoms with Gasteiger partial charge in [0.25, 0.3) is 0 Å². The summed E-state index contributed by atoms with van der Waals surface area (Å²) in [5.41, 5.74) is 0. The third kappa shape index (κ3) is 35.6. The molecule has 1 heteroatoms. The van der Waals surface area contributed by atoms with Crippen molar-refractivity contribution in [3.05, 3.63) is 97.2 Å². The van der Waals surface area contributed by atoms with Gasteiger partial charge < -0.3 is 0 Å². The summed E-state index contributed by atoms with van der Waals surface area (Å²) in [6, 6.07) is 0. The molecule has 0 rings (SSSR count). The molecule has 0 radical (unpaired) electrons. The van der Waals surface area contributed by atoms with Crippen molar-refractivity contribution in [3.63, 3.8) is 0 Å². The second-order valence-electron chi connectivity index (χ2n) is 11.2. The number of Topliss-reactive ketones (excluding diaryl/α,β-unsaturated/α-hetero) is 1. The highest BCUT2D eigenvalue weighted by atomic mass is 16.1. The fraction of sp³-hybridized carbons (Fsp3) is 0.585. The van der Waals surface area contributed by atoms with E-state index in [-0.39, 0.29) is 0 Å². The lowest BCUT2D eigenvalue weighted by Gasteiger charge is -2.00. The lowest BCUT2D eigenvalue weighted by molar-refractivity contribution is -0.119. The zero-order valence-electron chi connectivity index (χ0n) is 27.7. The SMILES string of the molecule is CCCCCC=CCC=CCC=CCC=CCCCCC(=O)CCCCC=CCC=CCC=CCC=CCCCCC. The van der Waals surface area contributed by atoms with Gasteiger partial charge in [0.15, 0.2) is 0 Å². The molecule has 42 heavy (non-hydrogen) atoms. The van der Waals surface area contributed by atoms with Crippen LogP contribution < -0.4 is 0 Å². The van der Waals surface area contributed by atoms with E-state index >= 15 is 0 Å². The highest BCUT2D eigenvalue weighted by molar-refractivity contribution is 5.78. The quantitative estimate of drug-likeness (QED) is 0.0616. The minimum Gasteiger partial charge on any atom is -0.300 e. The summed E-state index contributed by atoms with van der Waals surface area (Å²) in [5, 5.41) is 0. The first-order valence-electron chi connectivity index (χ1n) is 17.5. The molecule has 0 amide bonds. The Labute approximate surface area is 262 Å². The monoisotopic (exact) mass is 575 g/mol. The molecule has 0 aromatic carbocycles. The summed E-state index contributed by atoms with van der Waals surface area (Å²) in [6.45, 7) is 4.50. The highest BCUT2D eigenvalue weighted by Crippen LogP contribution is 2.08. The Morgan fingerprint density at radius 1 is 0.333 bits per heavy atom. The normalized spacial score (nSPS) is 13.0. The van der Waals surface area contributed by atoms with Crippen LogP contribution in [-0.4, -0.2) is 5.78 Å². The van der Waals surface area contributed by atoms with Crippen LogP contribution in [0.15, 0.2) is 97.2 Å². The minimum absolute atomic E-state index is 0.439. The first kappa shape index (κ1) is 39.6. The van der Waals surface area contributed by atoms with Gasteiger partial charge in [0, 0.05) is 12.8 Å². The molecule has 0 saturated carbocycles. The van der Waals surface area contributed by atoms with Crippen molar-refractivity contribution in [3.8, 4) is 0 Å². The maximum Gasteiger partial charge on any atom is 0.132 e. The molecule has 236 valence electrons. The smallest absolute Gasteiger partial charge is 0.132 e. The van der Waals surface area contributed by atoms with Gasteiger partial charge in [-0.3, -0.25) is 4.79 Å². The van der Waals surface area contributed by atoms with E-state index in [1.54, 1.807) is 0 Å². The van der Waals surface area contributed by atoms with Crippen LogP contribution in [0.1, 0.15) is 155 Å². The Morgan fingerprint density at radius 3 is 0.833 bits per heavy atom. The fourth-order valence-corrected chi connectivity index (χ4v) is 4.42. The van der Waals surface area contributed by atoms with Crippen molar-refractivity contribution in [1.82, 2.24) is 0 Å². The molecule has 0 aliphatic heterocycles. The molecule has 0 fully saturated rings. The molecular weight excluding hydrogens is 508 g/mol. The van der Waals surface area contributed by atoms with Crippen molar-refractivity contribution in [1.29, 1.82) is 0 Å². The summed E-state index contributed by atoms with van der Waals surface area (Å²) in [5.74, 6) is 0.439. The zero-order chi connectivity index (χ0) is 30.4. The maximum atomic E-state index is 12.1. The molecule has 0 aliphatic carbocycles. The van der Waals surface area contributed by atoms with E-state index in [9.17, 15) is 4.79 Å². The molecule has 0 saturated heterocycles. The summed E-state index contributed by atoms with van der Waals surface area (Å²) in [6.07, 6.45) is 60.6. The zero-order valence-corrected chi connectivity index (χ0v) is 27.7. The second-order valence-corrected chi connectivity index (χ2v) is 11.2. The standard InChI is InChI=1S/C41H66O/c1-3-5-7-9-11-13-15-17-19-21-23-25-27-29-31-33-35-37-39-41(42)40-38-36-34-32-30-28-26-24-22-20-18-16-14-12-10-8-6-4-2/h11-14,17-20,23-26,29-32H,3-10,15-16,21-22,27-28,33-40H2,1-2H3. The summed E-state index contributed by atoms with van der Waals surface area (Å²) < 4.78 is 0. The van der Waals surface area contributed by atoms with Crippen LogP contribution in [0.2, 0.25) is 0 Å². The van der Waals surface area contributed by atoms with Gasteiger partial charge in [-0.1, -0.05) is 137 Å². The van der Waals surface area contributed by atoms with Crippen molar-refractivity contribution >= 4 is 5.78 Å². The molecule has 0 aliphatic rings. The van der Waals surface area contributed by atoms with Crippen LogP contribution in [0.5, 0.6) is 0 Å². The van der Waals surface area contributed by atoms with Crippen LogP contribution in [0.4, 0.5) is 0 Å². The average molecular weight is 575 g/mol. The molecule has 0 N–H and O–H groups in total. The maximum absolute atomic E-state index is 12.1. The molecular formula is C41H66O. The van der Waals surface area contributed by atoms with Crippen LogP contribution in [0, 0.1) is 0 Å². The molecule has 0 atom stereocenters. The van der Waals surface area contributed by atoms with E-state index in [2.05, 4.69) is 111 Å².